The molecule has 1 aliphatic carbocycles. The van der Waals surface area contributed by atoms with Gasteiger partial charge < -0.3 is 5.73 Å². The van der Waals surface area contributed by atoms with Crippen LogP contribution in [0.2, 0.25) is 0 Å². The molecule has 21 heavy (non-hydrogen) atoms. The summed E-state index contributed by atoms with van der Waals surface area (Å²) in [7, 11) is 0. The molecule has 2 aromatic rings. The molecule has 0 saturated heterocycles. The molecule has 1 heterocycles. The first-order valence-electron chi connectivity index (χ1n) is 7.90. The van der Waals surface area contributed by atoms with Gasteiger partial charge in [0.2, 0.25) is 0 Å². The minimum absolute atomic E-state index is 0.158. The lowest BCUT2D eigenvalue weighted by atomic mass is 9.65. The fourth-order valence-corrected chi connectivity index (χ4v) is 4.44. The summed E-state index contributed by atoms with van der Waals surface area (Å²) in [5, 5.41) is 1.29. The Labute approximate surface area is 131 Å². The molecule has 1 aliphatic rings. The van der Waals surface area contributed by atoms with Gasteiger partial charge in [-0.2, -0.15) is 0 Å². The summed E-state index contributed by atoms with van der Waals surface area (Å²) >= 11 is 1.84. The average Bonchev–Trinajstić information content (AvgIpc) is 2.81. The van der Waals surface area contributed by atoms with Crippen LogP contribution in [0.1, 0.15) is 54.3 Å². The van der Waals surface area contributed by atoms with Crippen molar-refractivity contribution in [2.24, 2.45) is 11.7 Å². The topological polar surface area (TPSA) is 38.9 Å². The Morgan fingerprint density at radius 3 is 2.48 bits per heavy atom. The zero-order valence-electron chi connectivity index (χ0n) is 12.9. The van der Waals surface area contributed by atoms with Crippen LogP contribution in [0.25, 0.3) is 0 Å². The number of nitrogens with zero attached hydrogens (tertiary/aromatic N) is 1. The van der Waals surface area contributed by atoms with Gasteiger partial charge >= 0.3 is 0 Å². The third kappa shape index (κ3) is 2.65. The Balaban J connectivity index is 2.00. The van der Waals surface area contributed by atoms with Crippen LogP contribution in [-0.2, 0) is 18.4 Å². The van der Waals surface area contributed by atoms with Gasteiger partial charge in [0.05, 0.1) is 5.69 Å². The molecule has 0 spiro atoms. The van der Waals surface area contributed by atoms with Gasteiger partial charge in [-0.15, -0.1) is 11.3 Å². The molecule has 1 fully saturated rings. The third-order valence-corrected chi connectivity index (χ3v) is 5.83. The van der Waals surface area contributed by atoms with Crippen molar-refractivity contribution in [3.8, 4) is 0 Å². The molecule has 3 rings (SSSR count). The molecule has 1 aromatic carbocycles. The van der Waals surface area contributed by atoms with Crippen LogP contribution in [0, 0.1) is 5.92 Å². The fourth-order valence-electron chi connectivity index (χ4n) is 3.21. The van der Waals surface area contributed by atoms with E-state index in [9.17, 15) is 0 Å². The first-order valence-corrected chi connectivity index (χ1v) is 8.72. The van der Waals surface area contributed by atoms with Crippen molar-refractivity contribution in [1.82, 2.24) is 4.98 Å². The predicted octanol–water partition coefficient (Wildman–Crippen LogP) is 4.27. The van der Waals surface area contributed by atoms with Crippen LogP contribution in [0.3, 0.4) is 0 Å². The van der Waals surface area contributed by atoms with E-state index in [-0.39, 0.29) is 5.41 Å². The maximum atomic E-state index is 5.95. The van der Waals surface area contributed by atoms with E-state index in [1.807, 2.05) is 11.3 Å². The van der Waals surface area contributed by atoms with Gasteiger partial charge in [-0.05, 0) is 30.7 Å². The number of hydrogen-bond donors (Lipinski definition) is 1. The molecule has 2 N–H and O–H groups in total. The van der Waals surface area contributed by atoms with Crippen molar-refractivity contribution in [3.63, 3.8) is 0 Å². The highest BCUT2D eigenvalue weighted by molar-refractivity contribution is 7.12. The van der Waals surface area contributed by atoms with E-state index in [2.05, 4.69) is 44.2 Å². The monoisotopic (exact) mass is 300 g/mol. The van der Waals surface area contributed by atoms with E-state index in [1.54, 1.807) is 0 Å². The Hall–Kier alpha value is -1.19. The van der Waals surface area contributed by atoms with E-state index in [4.69, 9.17) is 10.7 Å². The van der Waals surface area contributed by atoms with Crippen LogP contribution < -0.4 is 5.73 Å². The van der Waals surface area contributed by atoms with Crippen LogP contribution in [0.5, 0.6) is 0 Å². The number of thiazole rings is 1. The minimum Gasteiger partial charge on any atom is -0.326 e. The molecule has 1 aromatic heterocycles. The molecule has 0 bridgehead atoms. The largest absolute Gasteiger partial charge is 0.326 e. The number of hydrogen-bond acceptors (Lipinski definition) is 3. The zero-order valence-corrected chi connectivity index (χ0v) is 13.7. The zero-order chi connectivity index (χ0) is 14.9. The maximum absolute atomic E-state index is 5.95. The SMILES string of the molecule is CC(C)Cc1nc(C2(c3ccccc3)CCC2)sc1CN. The number of nitrogens with two attached hydrogens (primary N) is 1. The molecule has 2 nitrogen and oxygen atoms in total. The molecule has 0 aliphatic heterocycles. The lowest BCUT2D eigenvalue weighted by molar-refractivity contribution is 0.300. The number of benzene rings is 1. The smallest absolute Gasteiger partial charge is 0.104 e. The van der Waals surface area contributed by atoms with E-state index in [0.717, 1.165) is 6.42 Å². The van der Waals surface area contributed by atoms with Crippen molar-refractivity contribution >= 4 is 11.3 Å². The average molecular weight is 300 g/mol. The van der Waals surface area contributed by atoms with Crippen molar-refractivity contribution in [2.75, 3.05) is 0 Å². The highest BCUT2D eigenvalue weighted by Gasteiger charge is 2.43. The molecule has 3 heteroatoms. The second-order valence-corrected chi connectivity index (χ2v) is 7.58. The van der Waals surface area contributed by atoms with Crippen molar-refractivity contribution < 1.29 is 0 Å². The third-order valence-electron chi connectivity index (χ3n) is 4.51. The van der Waals surface area contributed by atoms with Gasteiger partial charge in [-0.1, -0.05) is 50.6 Å². The predicted molar refractivity (Wildman–Crippen MR) is 89.6 cm³/mol. The van der Waals surface area contributed by atoms with E-state index in [0.29, 0.717) is 12.5 Å². The van der Waals surface area contributed by atoms with Crippen LogP contribution in [0.4, 0.5) is 0 Å². The van der Waals surface area contributed by atoms with Crippen molar-refractivity contribution in [2.45, 2.75) is 51.5 Å². The first kappa shape index (κ1) is 14.7. The lowest BCUT2D eigenvalue weighted by Crippen LogP contribution is -2.35. The second-order valence-electron chi connectivity index (χ2n) is 6.49. The van der Waals surface area contributed by atoms with Gasteiger partial charge in [-0.25, -0.2) is 4.98 Å². The van der Waals surface area contributed by atoms with Crippen LogP contribution in [-0.4, -0.2) is 4.98 Å². The van der Waals surface area contributed by atoms with Gasteiger partial charge in [0, 0.05) is 16.8 Å². The van der Waals surface area contributed by atoms with Crippen molar-refractivity contribution in [3.05, 3.63) is 51.5 Å². The summed E-state index contributed by atoms with van der Waals surface area (Å²) in [6.45, 7) is 5.11. The first-order chi connectivity index (χ1) is 10.2. The minimum atomic E-state index is 0.158. The molecule has 112 valence electrons. The van der Waals surface area contributed by atoms with Crippen LogP contribution >= 0.6 is 11.3 Å². The van der Waals surface area contributed by atoms with Crippen molar-refractivity contribution in [1.29, 1.82) is 0 Å². The van der Waals surface area contributed by atoms with Gasteiger partial charge in [0.25, 0.3) is 0 Å². The molecule has 0 unspecified atom stereocenters. The Kier molecular flexibility index (Phi) is 4.14. The molecule has 1 saturated carbocycles. The molecule has 0 atom stereocenters. The standard InChI is InChI=1S/C18H24N2S/c1-13(2)11-15-16(12-19)21-17(20-15)18(9-6-10-18)14-7-4-3-5-8-14/h3-5,7-8,13H,6,9-12,19H2,1-2H3. The quantitative estimate of drug-likeness (QED) is 0.895. The molecule has 0 radical (unpaired) electrons. The van der Waals surface area contributed by atoms with Gasteiger partial charge in [-0.3, -0.25) is 0 Å². The van der Waals surface area contributed by atoms with Gasteiger partial charge in [0.1, 0.15) is 5.01 Å². The van der Waals surface area contributed by atoms with Crippen LogP contribution in [0.15, 0.2) is 30.3 Å². The van der Waals surface area contributed by atoms with Gasteiger partial charge in [0.15, 0.2) is 0 Å². The van der Waals surface area contributed by atoms with E-state index in [1.165, 1.54) is 40.4 Å². The lowest BCUT2D eigenvalue weighted by Gasteiger charge is -2.40. The summed E-state index contributed by atoms with van der Waals surface area (Å²) in [6, 6.07) is 10.9. The highest BCUT2D eigenvalue weighted by Crippen LogP contribution is 2.50. The fraction of sp³-hybridized carbons (Fsp3) is 0.500. The second kappa shape index (κ2) is 5.90. The Morgan fingerprint density at radius 1 is 1.24 bits per heavy atom. The normalized spacial score (nSPS) is 17.0. The van der Waals surface area contributed by atoms with E-state index < -0.39 is 0 Å². The summed E-state index contributed by atoms with van der Waals surface area (Å²) in [5.74, 6) is 0.624. The summed E-state index contributed by atoms with van der Waals surface area (Å²) in [5.41, 5.74) is 8.76. The molecular formula is C18H24N2S. The summed E-state index contributed by atoms with van der Waals surface area (Å²) in [6.07, 6.45) is 4.77. The van der Waals surface area contributed by atoms with E-state index >= 15 is 0 Å². The summed E-state index contributed by atoms with van der Waals surface area (Å²) < 4.78 is 0. The Bertz CT molecular complexity index is 597. The Morgan fingerprint density at radius 2 is 1.95 bits per heavy atom. The number of rotatable bonds is 5. The highest BCUT2D eigenvalue weighted by atomic mass is 32.1. The summed E-state index contributed by atoms with van der Waals surface area (Å²) in [4.78, 5) is 6.31. The molecular weight excluding hydrogens is 276 g/mol. The maximum Gasteiger partial charge on any atom is 0.104 e. The molecule has 0 amide bonds. The number of aromatic nitrogens is 1.